The van der Waals surface area contributed by atoms with Crippen molar-refractivity contribution in [1.82, 2.24) is 19.8 Å². The van der Waals surface area contributed by atoms with E-state index in [9.17, 15) is 19.5 Å². The van der Waals surface area contributed by atoms with Gasteiger partial charge in [-0.15, -0.1) is 0 Å². The number of benzene rings is 3. The third-order valence-corrected chi connectivity index (χ3v) is 6.28. The molecule has 172 valence electrons. The fourth-order valence-corrected chi connectivity index (χ4v) is 4.35. The number of halogens is 2. The minimum atomic E-state index is -1.17. The number of para-hydroxylation sites is 1. The summed E-state index contributed by atoms with van der Waals surface area (Å²) in [6, 6.07) is 16.8. The number of nitrogens with zero attached hydrogens (tertiary/aromatic N) is 4. The second-order valence-electron chi connectivity index (χ2n) is 7.35. The monoisotopic (exact) mass is 589 g/mol. The molecule has 0 atom stereocenters. The van der Waals surface area contributed by atoms with E-state index in [1.165, 1.54) is 10.7 Å². The highest BCUT2D eigenvalue weighted by Gasteiger charge is 2.20. The van der Waals surface area contributed by atoms with Crippen molar-refractivity contribution in [1.29, 1.82) is 0 Å². The van der Waals surface area contributed by atoms with E-state index in [-0.39, 0.29) is 17.7 Å². The van der Waals surface area contributed by atoms with Gasteiger partial charge in [-0.25, -0.2) is 9.59 Å². The topological polar surface area (TPSA) is 119 Å². The highest BCUT2D eigenvalue weighted by atomic mass is 127. The molecular formula is C23H17ClIN5O4. The van der Waals surface area contributed by atoms with E-state index in [1.807, 2.05) is 28.7 Å². The van der Waals surface area contributed by atoms with Crippen molar-refractivity contribution in [3.8, 4) is 5.69 Å². The zero-order chi connectivity index (χ0) is 24.4. The fraction of sp³-hybridized carbons (Fsp3) is 0.0870. The molecule has 9 nitrogen and oxygen atoms in total. The van der Waals surface area contributed by atoms with Crippen molar-refractivity contribution in [3.63, 3.8) is 0 Å². The van der Waals surface area contributed by atoms with Crippen LogP contribution in [0.3, 0.4) is 0 Å². The van der Waals surface area contributed by atoms with Crippen LogP contribution < -0.4 is 11.0 Å². The molecular weight excluding hydrogens is 573 g/mol. The summed E-state index contributed by atoms with van der Waals surface area (Å²) in [4.78, 5) is 37.1. The summed E-state index contributed by atoms with van der Waals surface area (Å²) < 4.78 is 2.81. The normalized spacial score (nSPS) is 10.8. The molecule has 11 heteroatoms. The Morgan fingerprint density at radius 2 is 1.85 bits per heavy atom. The Labute approximate surface area is 212 Å². The minimum Gasteiger partial charge on any atom is -0.478 e. The second kappa shape index (κ2) is 9.77. The first-order valence-electron chi connectivity index (χ1n) is 9.96. The van der Waals surface area contributed by atoms with Gasteiger partial charge < -0.3 is 10.4 Å². The SMILES string of the molecule is Cc1cc(Cn2nnn(-c3ccccc3Cl)c2=O)ccc1NC(=O)c1cccc(I)c1C(=O)O. The van der Waals surface area contributed by atoms with Crippen molar-refractivity contribution >= 4 is 51.8 Å². The maximum atomic E-state index is 12.8. The number of aryl methyl sites for hydroxylation is 1. The van der Waals surface area contributed by atoms with Crippen LogP contribution in [0, 0.1) is 10.5 Å². The number of carbonyl (C=O) groups is 2. The van der Waals surface area contributed by atoms with Gasteiger partial charge in [0.05, 0.1) is 28.4 Å². The highest BCUT2D eigenvalue weighted by Crippen LogP contribution is 2.22. The van der Waals surface area contributed by atoms with E-state index >= 15 is 0 Å². The van der Waals surface area contributed by atoms with Crippen molar-refractivity contribution < 1.29 is 14.7 Å². The molecule has 0 aliphatic carbocycles. The second-order valence-corrected chi connectivity index (χ2v) is 8.92. The molecule has 0 saturated carbocycles. The summed E-state index contributed by atoms with van der Waals surface area (Å²) in [6.45, 7) is 1.97. The van der Waals surface area contributed by atoms with Gasteiger partial charge in [0.25, 0.3) is 5.91 Å². The first-order chi connectivity index (χ1) is 16.3. The molecule has 2 N–H and O–H groups in total. The van der Waals surface area contributed by atoms with E-state index in [1.54, 1.807) is 55.5 Å². The molecule has 0 unspecified atom stereocenters. The molecule has 0 saturated heterocycles. The Hall–Kier alpha value is -3.51. The van der Waals surface area contributed by atoms with Gasteiger partial charge in [-0.2, -0.15) is 9.36 Å². The van der Waals surface area contributed by atoms with Crippen LogP contribution in [0.25, 0.3) is 5.69 Å². The predicted molar refractivity (Wildman–Crippen MR) is 135 cm³/mol. The Kier molecular flexibility index (Phi) is 6.80. The van der Waals surface area contributed by atoms with Crippen LogP contribution >= 0.6 is 34.2 Å². The highest BCUT2D eigenvalue weighted by molar-refractivity contribution is 14.1. The maximum Gasteiger partial charge on any atom is 0.368 e. The van der Waals surface area contributed by atoms with E-state index < -0.39 is 17.6 Å². The molecule has 4 aromatic rings. The molecule has 1 heterocycles. The smallest absolute Gasteiger partial charge is 0.368 e. The maximum absolute atomic E-state index is 12.8. The van der Waals surface area contributed by atoms with Gasteiger partial charge in [0.2, 0.25) is 0 Å². The number of carboxylic acid groups (broad SMARTS) is 1. The van der Waals surface area contributed by atoms with Crippen LogP contribution in [-0.2, 0) is 6.54 Å². The molecule has 1 amide bonds. The van der Waals surface area contributed by atoms with Crippen molar-refractivity contribution in [3.05, 3.63) is 102 Å². The summed E-state index contributed by atoms with van der Waals surface area (Å²) in [6.07, 6.45) is 0. The van der Waals surface area contributed by atoms with Crippen LogP contribution in [-0.4, -0.2) is 36.8 Å². The lowest BCUT2D eigenvalue weighted by molar-refractivity contribution is 0.0691. The lowest BCUT2D eigenvalue weighted by Gasteiger charge is -2.12. The van der Waals surface area contributed by atoms with Gasteiger partial charge in [-0.05, 0) is 81.4 Å². The Balaban J connectivity index is 1.55. The molecule has 4 rings (SSSR count). The Morgan fingerprint density at radius 1 is 1.09 bits per heavy atom. The summed E-state index contributed by atoms with van der Waals surface area (Å²) in [5.74, 6) is -1.69. The van der Waals surface area contributed by atoms with Gasteiger partial charge in [-0.1, -0.05) is 41.9 Å². The lowest BCUT2D eigenvalue weighted by Crippen LogP contribution is -2.25. The molecule has 0 fully saturated rings. The van der Waals surface area contributed by atoms with Gasteiger partial charge in [0, 0.05) is 9.26 Å². The number of rotatable bonds is 6. The van der Waals surface area contributed by atoms with Crippen LogP contribution in [0.1, 0.15) is 31.8 Å². The molecule has 0 aliphatic rings. The van der Waals surface area contributed by atoms with Crippen LogP contribution in [0.15, 0.2) is 65.5 Å². The summed E-state index contributed by atoms with van der Waals surface area (Å²) in [5.41, 5.74) is 2.05. The third-order valence-electron chi connectivity index (χ3n) is 5.06. The van der Waals surface area contributed by atoms with Crippen molar-refractivity contribution in [2.75, 3.05) is 5.32 Å². The number of carboxylic acids is 1. The molecule has 0 bridgehead atoms. The van der Waals surface area contributed by atoms with Crippen LogP contribution in [0.4, 0.5) is 5.69 Å². The molecule has 34 heavy (non-hydrogen) atoms. The quantitative estimate of drug-likeness (QED) is 0.328. The van der Waals surface area contributed by atoms with Gasteiger partial charge >= 0.3 is 11.7 Å². The number of nitrogens with one attached hydrogen (secondary N) is 1. The Morgan fingerprint density at radius 3 is 2.56 bits per heavy atom. The average molecular weight is 590 g/mol. The molecule has 3 aromatic carbocycles. The first-order valence-corrected chi connectivity index (χ1v) is 11.4. The lowest BCUT2D eigenvalue weighted by atomic mass is 10.1. The predicted octanol–water partition coefficient (Wildman–Crippen LogP) is 3.99. The van der Waals surface area contributed by atoms with Gasteiger partial charge in [0.1, 0.15) is 0 Å². The van der Waals surface area contributed by atoms with E-state index in [0.29, 0.717) is 20.0 Å². The van der Waals surface area contributed by atoms with E-state index in [4.69, 9.17) is 11.6 Å². The molecule has 0 spiro atoms. The van der Waals surface area contributed by atoms with Crippen molar-refractivity contribution in [2.24, 2.45) is 0 Å². The minimum absolute atomic E-state index is 0.0455. The average Bonchev–Trinajstić information content (AvgIpc) is 3.15. The number of anilines is 1. The van der Waals surface area contributed by atoms with Gasteiger partial charge in [-0.3, -0.25) is 4.79 Å². The molecule has 0 radical (unpaired) electrons. The Bertz CT molecular complexity index is 1480. The van der Waals surface area contributed by atoms with E-state index in [2.05, 4.69) is 15.7 Å². The summed E-state index contributed by atoms with van der Waals surface area (Å²) >= 11 is 8.04. The first kappa shape index (κ1) is 23.6. The van der Waals surface area contributed by atoms with Crippen LogP contribution in [0.5, 0.6) is 0 Å². The number of hydrogen-bond donors (Lipinski definition) is 2. The van der Waals surface area contributed by atoms with Gasteiger partial charge in [0.15, 0.2) is 0 Å². The third kappa shape index (κ3) is 4.73. The largest absolute Gasteiger partial charge is 0.478 e. The van der Waals surface area contributed by atoms with E-state index in [0.717, 1.165) is 15.8 Å². The number of carbonyl (C=O) groups excluding carboxylic acids is 1. The zero-order valence-corrected chi connectivity index (χ0v) is 20.6. The summed E-state index contributed by atoms with van der Waals surface area (Å²) in [5, 5.41) is 20.5. The number of hydrogen-bond acceptors (Lipinski definition) is 5. The van der Waals surface area contributed by atoms with Crippen molar-refractivity contribution in [2.45, 2.75) is 13.5 Å². The fourth-order valence-electron chi connectivity index (χ4n) is 3.41. The zero-order valence-electron chi connectivity index (χ0n) is 17.7. The summed E-state index contributed by atoms with van der Waals surface area (Å²) in [7, 11) is 0. The molecule has 1 aromatic heterocycles. The molecule has 0 aliphatic heterocycles. The number of amides is 1. The van der Waals surface area contributed by atoms with Crippen LogP contribution in [0.2, 0.25) is 5.02 Å². The standard InChI is InChI=1S/C23H17ClIN5O4/c1-13-11-14(12-29-23(34)30(28-27-29)19-8-3-2-6-16(19)24)9-10-18(13)26-21(31)15-5-4-7-17(25)20(15)22(32)33/h2-11H,12H2,1H3,(H,26,31)(H,32,33). The number of aromatic carboxylic acids is 1. The number of aromatic nitrogens is 4. The number of tetrazole rings is 1.